The SMILES string of the molecule is CC(=O)N1CCC(N(N)CC(=O)N2CSC[C@H]2C#N)CC1. The molecule has 0 saturated carbocycles. The van der Waals surface area contributed by atoms with Gasteiger partial charge in [0.1, 0.15) is 6.04 Å². The summed E-state index contributed by atoms with van der Waals surface area (Å²) in [5.41, 5.74) is 0. The number of nitrogens with two attached hydrogens (primary N) is 1. The summed E-state index contributed by atoms with van der Waals surface area (Å²) >= 11 is 1.59. The highest BCUT2D eigenvalue weighted by atomic mass is 32.2. The quantitative estimate of drug-likeness (QED) is 0.563. The number of hydrogen-bond donors (Lipinski definition) is 1. The number of piperidine rings is 1. The van der Waals surface area contributed by atoms with Crippen LogP contribution in [0.2, 0.25) is 0 Å². The molecule has 2 saturated heterocycles. The van der Waals surface area contributed by atoms with Crippen LogP contribution in [0.3, 0.4) is 0 Å². The Bertz CT molecular complexity index is 444. The summed E-state index contributed by atoms with van der Waals surface area (Å²) in [4.78, 5) is 26.9. The molecule has 1 atom stereocenters. The molecule has 0 aromatic rings. The van der Waals surface area contributed by atoms with E-state index in [1.807, 2.05) is 0 Å². The van der Waals surface area contributed by atoms with E-state index in [1.54, 1.807) is 33.5 Å². The van der Waals surface area contributed by atoms with Crippen LogP contribution in [0.1, 0.15) is 19.8 Å². The molecule has 0 unspecified atom stereocenters. The molecule has 0 bridgehead atoms. The molecule has 7 nitrogen and oxygen atoms in total. The van der Waals surface area contributed by atoms with Gasteiger partial charge in [-0.2, -0.15) is 5.26 Å². The van der Waals surface area contributed by atoms with Crippen LogP contribution in [-0.2, 0) is 9.59 Å². The van der Waals surface area contributed by atoms with Crippen molar-refractivity contribution in [1.29, 1.82) is 5.26 Å². The van der Waals surface area contributed by atoms with Crippen LogP contribution in [0, 0.1) is 11.3 Å². The molecule has 2 amide bonds. The topological polar surface area (TPSA) is 93.7 Å². The lowest BCUT2D eigenvalue weighted by Gasteiger charge is -2.36. The molecule has 0 radical (unpaired) electrons. The highest BCUT2D eigenvalue weighted by molar-refractivity contribution is 7.99. The number of carbonyl (C=O) groups is 2. The molecule has 116 valence electrons. The van der Waals surface area contributed by atoms with Gasteiger partial charge in [-0.25, -0.2) is 5.01 Å². The monoisotopic (exact) mass is 311 g/mol. The second kappa shape index (κ2) is 7.11. The van der Waals surface area contributed by atoms with Gasteiger partial charge in [0.25, 0.3) is 0 Å². The van der Waals surface area contributed by atoms with Crippen molar-refractivity contribution in [1.82, 2.24) is 14.8 Å². The Morgan fingerprint density at radius 2 is 2.10 bits per heavy atom. The number of likely N-dealkylation sites (tertiary alicyclic amines) is 1. The van der Waals surface area contributed by atoms with Crippen LogP contribution >= 0.6 is 11.8 Å². The fourth-order valence-corrected chi connectivity index (χ4v) is 3.79. The molecule has 2 aliphatic rings. The van der Waals surface area contributed by atoms with Gasteiger partial charge in [-0.1, -0.05) is 0 Å². The number of nitrogens with zero attached hydrogens (tertiary/aromatic N) is 4. The molecule has 2 heterocycles. The minimum absolute atomic E-state index is 0.0825. The fourth-order valence-electron chi connectivity index (χ4n) is 2.68. The molecule has 0 aliphatic carbocycles. The third-order valence-electron chi connectivity index (χ3n) is 4.05. The first-order valence-electron chi connectivity index (χ1n) is 7.06. The predicted molar refractivity (Wildman–Crippen MR) is 79.7 cm³/mol. The van der Waals surface area contributed by atoms with Gasteiger partial charge in [-0.3, -0.25) is 15.4 Å². The molecule has 2 aliphatic heterocycles. The average molecular weight is 311 g/mol. The molecule has 2 N–H and O–H groups in total. The van der Waals surface area contributed by atoms with Crippen LogP contribution in [0.25, 0.3) is 0 Å². The van der Waals surface area contributed by atoms with Crippen molar-refractivity contribution >= 4 is 23.6 Å². The summed E-state index contributed by atoms with van der Waals surface area (Å²) < 4.78 is 0. The second-order valence-electron chi connectivity index (χ2n) is 5.42. The number of rotatable bonds is 3. The Labute approximate surface area is 129 Å². The van der Waals surface area contributed by atoms with Crippen molar-refractivity contribution in [2.24, 2.45) is 5.84 Å². The number of hydrogen-bond acceptors (Lipinski definition) is 6. The maximum atomic E-state index is 12.2. The lowest BCUT2D eigenvalue weighted by molar-refractivity contribution is -0.134. The maximum Gasteiger partial charge on any atom is 0.239 e. The van der Waals surface area contributed by atoms with Crippen molar-refractivity contribution < 1.29 is 9.59 Å². The Kier molecular flexibility index (Phi) is 5.45. The second-order valence-corrected chi connectivity index (χ2v) is 6.42. The Morgan fingerprint density at radius 1 is 1.43 bits per heavy atom. The molecule has 0 spiro atoms. The predicted octanol–water partition coefficient (Wildman–Crippen LogP) is -0.402. The molecule has 0 aromatic carbocycles. The van der Waals surface area contributed by atoms with Crippen molar-refractivity contribution in [3.05, 3.63) is 0 Å². The van der Waals surface area contributed by atoms with Crippen LogP contribution < -0.4 is 5.84 Å². The van der Waals surface area contributed by atoms with Gasteiger partial charge >= 0.3 is 0 Å². The van der Waals surface area contributed by atoms with E-state index in [-0.39, 0.29) is 30.4 Å². The Morgan fingerprint density at radius 3 is 2.67 bits per heavy atom. The van der Waals surface area contributed by atoms with E-state index in [9.17, 15) is 9.59 Å². The van der Waals surface area contributed by atoms with Gasteiger partial charge in [-0.05, 0) is 12.8 Å². The van der Waals surface area contributed by atoms with E-state index in [2.05, 4.69) is 6.07 Å². The van der Waals surface area contributed by atoms with Gasteiger partial charge in [0.2, 0.25) is 11.8 Å². The zero-order chi connectivity index (χ0) is 15.4. The van der Waals surface area contributed by atoms with E-state index < -0.39 is 0 Å². The highest BCUT2D eigenvalue weighted by Gasteiger charge is 2.31. The first-order valence-corrected chi connectivity index (χ1v) is 8.22. The molecular weight excluding hydrogens is 290 g/mol. The lowest BCUT2D eigenvalue weighted by atomic mass is 10.0. The third kappa shape index (κ3) is 3.87. The number of thioether (sulfide) groups is 1. The zero-order valence-electron chi connectivity index (χ0n) is 12.2. The van der Waals surface area contributed by atoms with E-state index >= 15 is 0 Å². The zero-order valence-corrected chi connectivity index (χ0v) is 13.0. The molecule has 0 aromatic heterocycles. The van der Waals surface area contributed by atoms with Crippen LogP contribution in [0.4, 0.5) is 0 Å². The Hall–Kier alpha value is -1.30. The van der Waals surface area contributed by atoms with Gasteiger partial charge in [-0.15, -0.1) is 11.8 Å². The number of hydrazine groups is 1. The number of nitriles is 1. The lowest BCUT2D eigenvalue weighted by Crippen LogP contribution is -2.53. The third-order valence-corrected chi connectivity index (χ3v) is 5.06. The molecule has 8 heteroatoms. The minimum atomic E-state index is -0.338. The summed E-state index contributed by atoms with van der Waals surface area (Å²) in [5.74, 6) is 7.24. The summed E-state index contributed by atoms with van der Waals surface area (Å²) in [6.07, 6.45) is 1.56. The maximum absolute atomic E-state index is 12.2. The number of amides is 2. The van der Waals surface area contributed by atoms with Crippen LogP contribution in [-0.4, -0.2) is 70.0 Å². The van der Waals surface area contributed by atoms with Gasteiger partial charge in [0.05, 0.1) is 18.5 Å². The first kappa shape index (κ1) is 16.1. The average Bonchev–Trinajstić information content (AvgIpc) is 2.95. The molecule has 2 fully saturated rings. The van der Waals surface area contributed by atoms with Gasteiger partial charge in [0, 0.05) is 31.8 Å². The van der Waals surface area contributed by atoms with Crippen LogP contribution in [0.15, 0.2) is 0 Å². The largest absolute Gasteiger partial charge is 0.343 e. The molecular formula is C13H21N5O2S. The van der Waals surface area contributed by atoms with Crippen molar-refractivity contribution in [3.63, 3.8) is 0 Å². The molecule has 21 heavy (non-hydrogen) atoms. The molecule has 2 rings (SSSR count). The summed E-state index contributed by atoms with van der Waals surface area (Å²) in [5, 5.41) is 10.6. The summed E-state index contributed by atoms with van der Waals surface area (Å²) in [7, 11) is 0. The van der Waals surface area contributed by atoms with E-state index in [1.165, 1.54) is 0 Å². The van der Waals surface area contributed by atoms with Crippen molar-refractivity contribution in [2.75, 3.05) is 31.3 Å². The van der Waals surface area contributed by atoms with E-state index in [0.717, 1.165) is 12.8 Å². The van der Waals surface area contributed by atoms with Crippen LogP contribution in [0.5, 0.6) is 0 Å². The normalized spacial score (nSPS) is 23.4. The highest BCUT2D eigenvalue weighted by Crippen LogP contribution is 2.21. The number of carbonyl (C=O) groups excluding carboxylic acids is 2. The smallest absolute Gasteiger partial charge is 0.239 e. The Balaban J connectivity index is 1.82. The van der Waals surface area contributed by atoms with E-state index in [0.29, 0.717) is 24.7 Å². The van der Waals surface area contributed by atoms with Gasteiger partial charge < -0.3 is 9.80 Å². The first-order chi connectivity index (χ1) is 10.0. The minimum Gasteiger partial charge on any atom is -0.343 e. The summed E-state index contributed by atoms with van der Waals surface area (Å²) in [6.45, 7) is 3.06. The standard InChI is InChI=1S/C13H21N5O2S/c1-10(19)16-4-2-11(3-5-16)18(15)7-13(20)17-9-21-8-12(17)6-14/h11-12H,2-5,7-9,15H2,1H3/t12-/m1/s1. The summed E-state index contributed by atoms with van der Waals surface area (Å²) in [6, 6.07) is 1.92. The fraction of sp³-hybridized carbons (Fsp3) is 0.769. The van der Waals surface area contributed by atoms with Crippen molar-refractivity contribution in [2.45, 2.75) is 31.8 Å². The van der Waals surface area contributed by atoms with Crippen molar-refractivity contribution in [3.8, 4) is 6.07 Å². The van der Waals surface area contributed by atoms with Gasteiger partial charge in [0.15, 0.2) is 0 Å². The van der Waals surface area contributed by atoms with E-state index in [4.69, 9.17) is 11.1 Å².